The largest absolute Gasteiger partial charge is 0.468 e. The standard InChI is InChI=1S/C12H19N5O/c1-9-11(12(14-13)17(3)15-9)8-16(2)7-10-5-4-6-18-10/h4-6,14H,7-8,13H2,1-3H3. The van der Waals surface area contributed by atoms with E-state index >= 15 is 0 Å². The third kappa shape index (κ3) is 2.55. The lowest BCUT2D eigenvalue weighted by atomic mass is 10.2. The molecule has 0 aromatic carbocycles. The summed E-state index contributed by atoms with van der Waals surface area (Å²) in [6.07, 6.45) is 1.69. The van der Waals surface area contributed by atoms with E-state index in [0.717, 1.165) is 35.9 Å². The number of nitrogen functional groups attached to an aromatic ring is 1. The van der Waals surface area contributed by atoms with E-state index in [9.17, 15) is 0 Å². The summed E-state index contributed by atoms with van der Waals surface area (Å²) in [5.74, 6) is 7.32. The van der Waals surface area contributed by atoms with E-state index in [1.807, 2.05) is 33.2 Å². The molecule has 0 saturated heterocycles. The molecule has 0 bridgehead atoms. The van der Waals surface area contributed by atoms with Crippen LogP contribution in [-0.4, -0.2) is 21.7 Å². The highest BCUT2D eigenvalue weighted by molar-refractivity contribution is 5.46. The number of rotatable bonds is 5. The number of hydrogen-bond donors (Lipinski definition) is 2. The lowest BCUT2D eigenvalue weighted by molar-refractivity contribution is 0.287. The molecule has 0 unspecified atom stereocenters. The molecule has 0 atom stereocenters. The zero-order valence-corrected chi connectivity index (χ0v) is 11.0. The highest BCUT2D eigenvalue weighted by Gasteiger charge is 2.14. The zero-order valence-electron chi connectivity index (χ0n) is 11.0. The smallest absolute Gasteiger partial charge is 0.142 e. The van der Waals surface area contributed by atoms with Crippen molar-refractivity contribution >= 4 is 5.82 Å². The van der Waals surface area contributed by atoms with Crippen LogP contribution in [0.25, 0.3) is 0 Å². The van der Waals surface area contributed by atoms with Gasteiger partial charge in [-0.1, -0.05) is 0 Å². The van der Waals surface area contributed by atoms with Gasteiger partial charge in [-0.2, -0.15) is 5.10 Å². The van der Waals surface area contributed by atoms with Crippen LogP contribution in [0.4, 0.5) is 5.82 Å². The fraction of sp³-hybridized carbons (Fsp3) is 0.417. The van der Waals surface area contributed by atoms with Crippen LogP contribution < -0.4 is 11.3 Å². The Morgan fingerprint density at radius 1 is 1.50 bits per heavy atom. The molecule has 0 aliphatic rings. The molecule has 2 aromatic heterocycles. The van der Waals surface area contributed by atoms with Gasteiger partial charge in [0.1, 0.15) is 11.6 Å². The number of nitrogens with zero attached hydrogens (tertiary/aromatic N) is 3. The molecule has 0 fully saturated rings. The Bertz CT molecular complexity index is 503. The second kappa shape index (κ2) is 5.24. The van der Waals surface area contributed by atoms with Gasteiger partial charge in [-0.25, -0.2) is 5.84 Å². The third-order valence-corrected chi connectivity index (χ3v) is 2.92. The van der Waals surface area contributed by atoms with Crippen molar-refractivity contribution < 1.29 is 4.42 Å². The van der Waals surface area contributed by atoms with Crippen molar-refractivity contribution in [2.75, 3.05) is 12.5 Å². The topological polar surface area (TPSA) is 72.2 Å². The number of aromatic nitrogens is 2. The first-order valence-corrected chi connectivity index (χ1v) is 5.82. The molecule has 0 aliphatic carbocycles. The number of hydrazine groups is 1. The van der Waals surface area contributed by atoms with Crippen molar-refractivity contribution in [2.45, 2.75) is 20.0 Å². The Morgan fingerprint density at radius 2 is 2.28 bits per heavy atom. The van der Waals surface area contributed by atoms with E-state index in [1.165, 1.54) is 0 Å². The molecular formula is C12H19N5O. The van der Waals surface area contributed by atoms with Gasteiger partial charge in [0.15, 0.2) is 0 Å². The Labute approximate surface area is 106 Å². The van der Waals surface area contributed by atoms with Crippen molar-refractivity contribution in [3.05, 3.63) is 35.4 Å². The van der Waals surface area contributed by atoms with Crippen LogP contribution in [0, 0.1) is 6.92 Å². The molecule has 98 valence electrons. The SMILES string of the molecule is Cc1nn(C)c(NN)c1CN(C)Cc1ccco1. The molecule has 0 radical (unpaired) electrons. The van der Waals surface area contributed by atoms with Crippen LogP contribution in [0.15, 0.2) is 22.8 Å². The van der Waals surface area contributed by atoms with Gasteiger partial charge >= 0.3 is 0 Å². The maximum Gasteiger partial charge on any atom is 0.142 e. The first-order valence-electron chi connectivity index (χ1n) is 5.82. The second-order valence-corrected chi connectivity index (χ2v) is 4.43. The highest BCUT2D eigenvalue weighted by Crippen LogP contribution is 2.20. The molecule has 6 heteroatoms. The fourth-order valence-electron chi connectivity index (χ4n) is 2.07. The molecule has 6 nitrogen and oxygen atoms in total. The summed E-state index contributed by atoms with van der Waals surface area (Å²) in [6.45, 7) is 3.50. The number of nitrogens with two attached hydrogens (primary N) is 1. The lowest BCUT2D eigenvalue weighted by Crippen LogP contribution is -2.19. The summed E-state index contributed by atoms with van der Waals surface area (Å²) in [4.78, 5) is 2.16. The number of furan rings is 1. The van der Waals surface area contributed by atoms with E-state index in [-0.39, 0.29) is 0 Å². The number of anilines is 1. The number of hydrogen-bond acceptors (Lipinski definition) is 5. The van der Waals surface area contributed by atoms with Crippen LogP contribution in [0.5, 0.6) is 0 Å². The van der Waals surface area contributed by atoms with Crippen molar-refractivity contribution in [2.24, 2.45) is 12.9 Å². The minimum absolute atomic E-state index is 0.755. The van der Waals surface area contributed by atoms with Crippen molar-refractivity contribution in [1.82, 2.24) is 14.7 Å². The average Bonchev–Trinajstić information content (AvgIpc) is 2.89. The maximum atomic E-state index is 5.53. The van der Waals surface area contributed by atoms with Crippen molar-refractivity contribution in [1.29, 1.82) is 0 Å². The third-order valence-electron chi connectivity index (χ3n) is 2.92. The summed E-state index contributed by atoms with van der Waals surface area (Å²) in [5.41, 5.74) is 4.79. The molecule has 0 amide bonds. The Kier molecular flexibility index (Phi) is 3.69. The molecular weight excluding hydrogens is 230 g/mol. The molecule has 2 heterocycles. The summed E-state index contributed by atoms with van der Waals surface area (Å²) in [5, 5.41) is 4.36. The second-order valence-electron chi connectivity index (χ2n) is 4.43. The predicted octanol–water partition coefficient (Wildman–Crippen LogP) is 1.24. The summed E-state index contributed by atoms with van der Waals surface area (Å²) < 4.78 is 7.09. The minimum atomic E-state index is 0.755. The van der Waals surface area contributed by atoms with Gasteiger partial charge in [0.05, 0.1) is 18.5 Å². The van der Waals surface area contributed by atoms with Crippen LogP contribution >= 0.6 is 0 Å². The quantitative estimate of drug-likeness (QED) is 0.616. The van der Waals surface area contributed by atoms with Crippen molar-refractivity contribution in [3.63, 3.8) is 0 Å². The molecule has 0 aliphatic heterocycles. The predicted molar refractivity (Wildman–Crippen MR) is 69.6 cm³/mol. The van der Waals surface area contributed by atoms with Gasteiger partial charge in [-0.3, -0.25) is 9.58 Å². The van der Waals surface area contributed by atoms with E-state index in [2.05, 4.69) is 15.4 Å². The Hall–Kier alpha value is -1.79. The Balaban J connectivity index is 2.09. The van der Waals surface area contributed by atoms with Gasteiger partial charge < -0.3 is 9.84 Å². The van der Waals surface area contributed by atoms with Crippen LogP contribution in [0.2, 0.25) is 0 Å². The normalized spacial score (nSPS) is 11.2. The van der Waals surface area contributed by atoms with Crippen LogP contribution in [0.1, 0.15) is 17.0 Å². The van der Waals surface area contributed by atoms with E-state index in [0.29, 0.717) is 0 Å². The minimum Gasteiger partial charge on any atom is -0.468 e. The van der Waals surface area contributed by atoms with E-state index in [4.69, 9.17) is 10.3 Å². The molecule has 3 N–H and O–H groups in total. The van der Waals surface area contributed by atoms with Gasteiger partial charge in [0.25, 0.3) is 0 Å². The van der Waals surface area contributed by atoms with Crippen LogP contribution in [0.3, 0.4) is 0 Å². The summed E-state index contributed by atoms with van der Waals surface area (Å²) in [7, 11) is 3.91. The zero-order chi connectivity index (χ0) is 13.1. The number of aryl methyl sites for hydroxylation is 2. The summed E-state index contributed by atoms with van der Waals surface area (Å²) >= 11 is 0. The molecule has 2 aromatic rings. The molecule has 18 heavy (non-hydrogen) atoms. The van der Waals surface area contributed by atoms with Gasteiger partial charge in [0.2, 0.25) is 0 Å². The van der Waals surface area contributed by atoms with Gasteiger partial charge in [0, 0.05) is 19.2 Å². The highest BCUT2D eigenvalue weighted by atomic mass is 16.3. The lowest BCUT2D eigenvalue weighted by Gasteiger charge is -2.16. The Morgan fingerprint density at radius 3 is 2.89 bits per heavy atom. The maximum absolute atomic E-state index is 5.53. The monoisotopic (exact) mass is 249 g/mol. The fourth-order valence-corrected chi connectivity index (χ4v) is 2.07. The average molecular weight is 249 g/mol. The number of nitrogens with one attached hydrogen (secondary N) is 1. The molecule has 2 rings (SSSR count). The first-order chi connectivity index (χ1) is 8.61. The molecule has 0 spiro atoms. The van der Waals surface area contributed by atoms with Crippen LogP contribution in [-0.2, 0) is 20.1 Å². The van der Waals surface area contributed by atoms with Crippen molar-refractivity contribution in [3.8, 4) is 0 Å². The van der Waals surface area contributed by atoms with Gasteiger partial charge in [-0.05, 0) is 26.1 Å². The molecule has 0 saturated carbocycles. The van der Waals surface area contributed by atoms with Gasteiger partial charge in [-0.15, -0.1) is 0 Å². The summed E-state index contributed by atoms with van der Waals surface area (Å²) in [6, 6.07) is 3.86. The van der Waals surface area contributed by atoms with E-state index < -0.39 is 0 Å². The van der Waals surface area contributed by atoms with E-state index in [1.54, 1.807) is 10.9 Å². The first kappa shape index (κ1) is 12.7.